The standard InChI is InChI=1S/C24H16Cl3NO4/c1-13(24(30)28-16-9-6-14(25)7-10-16)31-23-21(29)18-12-15(26)8-11-20(18)32-22(23)17-4-2-3-5-19(17)27/h2-13H,1H3,(H,28,30). The van der Waals surface area contributed by atoms with Gasteiger partial charge in [0.15, 0.2) is 11.9 Å². The number of hydrogen-bond acceptors (Lipinski definition) is 4. The first-order chi connectivity index (χ1) is 15.3. The van der Waals surface area contributed by atoms with Crippen LogP contribution in [0.4, 0.5) is 5.69 Å². The van der Waals surface area contributed by atoms with E-state index in [-0.39, 0.29) is 16.9 Å². The molecule has 0 bridgehead atoms. The molecule has 8 heteroatoms. The predicted octanol–water partition coefficient (Wildman–Crippen LogP) is 6.83. The van der Waals surface area contributed by atoms with E-state index >= 15 is 0 Å². The Morgan fingerprint density at radius 2 is 1.66 bits per heavy atom. The van der Waals surface area contributed by atoms with Crippen LogP contribution in [0.1, 0.15) is 6.92 Å². The van der Waals surface area contributed by atoms with Gasteiger partial charge in [-0.15, -0.1) is 0 Å². The number of carbonyl (C=O) groups excluding carboxylic acids is 1. The first-order valence-corrected chi connectivity index (χ1v) is 10.7. The summed E-state index contributed by atoms with van der Waals surface area (Å²) in [7, 11) is 0. The second-order valence-corrected chi connectivity index (χ2v) is 8.25. The molecule has 4 aromatic rings. The molecule has 3 aromatic carbocycles. The lowest BCUT2D eigenvalue weighted by atomic mass is 10.1. The fraction of sp³-hybridized carbons (Fsp3) is 0.0833. The third-order valence-corrected chi connectivity index (χ3v) is 5.52. The zero-order valence-electron chi connectivity index (χ0n) is 16.7. The Balaban J connectivity index is 1.76. The number of anilines is 1. The monoisotopic (exact) mass is 487 g/mol. The zero-order chi connectivity index (χ0) is 22.8. The van der Waals surface area contributed by atoms with E-state index in [0.717, 1.165) is 0 Å². The van der Waals surface area contributed by atoms with E-state index < -0.39 is 17.4 Å². The van der Waals surface area contributed by atoms with Crippen molar-refractivity contribution in [3.8, 4) is 17.1 Å². The second kappa shape index (κ2) is 9.25. The Labute approximate surface area is 198 Å². The lowest BCUT2D eigenvalue weighted by Gasteiger charge is -2.17. The minimum absolute atomic E-state index is 0.126. The van der Waals surface area contributed by atoms with Crippen LogP contribution in [0.5, 0.6) is 5.75 Å². The van der Waals surface area contributed by atoms with Crippen LogP contribution in [0.2, 0.25) is 15.1 Å². The van der Waals surface area contributed by atoms with Crippen molar-refractivity contribution >= 4 is 57.4 Å². The minimum atomic E-state index is -1.02. The van der Waals surface area contributed by atoms with Gasteiger partial charge in [0.05, 0.1) is 10.4 Å². The highest BCUT2D eigenvalue weighted by Gasteiger charge is 2.24. The third-order valence-electron chi connectivity index (χ3n) is 4.70. The molecule has 162 valence electrons. The van der Waals surface area contributed by atoms with Gasteiger partial charge in [-0.1, -0.05) is 46.9 Å². The third kappa shape index (κ3) is 4.60. The molecule has 0 fully saturated rings. The average Bonchev–Trinajstić information content (AvgIpc) is 2.78. The molecule has 1 atom stereocenters. The quantitative estimate of drug-likeness (QED) is 0.334. The van der Waals surface area contributed by atoms with Crippen LogP contribution in [0.25, 0.3) is 22.3 Å². The molecule has 0 aliphatic rings. The number of amides is 1. The number of halogens is 3. The molecule has 0 spiro atoms. The van der Waals surface area contributed by atoms with Crippen molar-refractivity contribution in [2.24, 2.45) is 0 Å². The fourth-order valence-electron chi connectivity index (χ4n) is 3.09. The van der Waals surface area contributed by atoms with E-state index in [1.54, 1.807) is 60.7 Å². The van der Waals surface area contributed by atoms with Crippen LogP contribution in [-0.4, -0.2) is 12.0 Å². The maximum absolute atomic E-state index is 13.3. The molecular formula is C24H16Cl3NO4. The first kappa shape index (κ1) is 22.2. The van der Waals surface area contributed by atoms with Gasteiger partial charge in [0.2, 0.25) is 11.2 Å². The van der Waals surface area contributed by atoms with Crippen molar-refractivity contribution in [3.05, 3.63) is 92.0 Å². The van der Waals surface area contributed by atoms with Crippen LogP contribution in [0, 0.1) is 0 Å². The molecule has 32 heavy (non-hydrogen) atoms. The summed E-state index contributed by atoms with van der Waals surface area (Å²) in [6.07, 6.45) is -1.02. The molecule has 0 aliphatic carbocycles. The summed E-state index contributed by atoms with van der Waals surface area (Å²) in [5.41, 5.74) is 0.858. The van der Waals surface area contributed by atoms with Gasteiger partial charge < -0.3 is 14.5 Å². The zero-order valence-corrected chi connectivity index (χ0v) is 19.0. The fourth-order valence-corrected chi connectivity index (χ4v) is 3.61. The van der Waals surface area contributed by atoms with Gasteiger partial charge >= 0.3 is 0 Å². The van der Waals surface area contributed by atoms with Gasteiger partial charge in [-0.3, -0.25) is 9.59 Å². The van der Waals surface area contributed by atoms with Gasteiger partial charge in [-0.25, -0.2) is 0 Å². The van der Waals surface area contributed by atoms with E-state index in [9.17, 15) is 9.59 Å². The lowest BCUT2D eigenvalue weighted by Crippen LogP contribution is -2.31. The Morgan fingerprint density at radius 3 is 2.38 bits per heavy atom. The van der Waals surface area contributed by atoms with Crippen molar-refractivity contribution in [2.75, 3.05) is 5.32 Å². The molecule has 0 aliphatic heterocycles. The van der Waals surface area contributed by atoms with E-state index in [0.29, 0.717) is 31.9 Å². The molecule has 1 aromatic heterocycles. The van der Waals surface area contributed by atoms with E-state index in [1.165, 1.54) is 13.0 Å². The lowest BCUT2D eigenvalue weighted by molar-refractivity contribution is -0.122. The van der Waals surface area contributed by atoms with Crippen LogP contribution in [-0.2, 0) is 4.79 Å². The summed E-state index contributed by atoms with van der Waals surface area (Å²) < 4.78 is 11.8. The summed E-state index contributed by atoms with van der Waals surface area (Å²) in [4.78, 5) is 26.0. The number of ether oxygens (including phenoxy) is 1. The first-order valence-electron chi connectivity index (χ1n) is 9.58. The second-order valence-electron chi connectivity index (χ2n) is 6.97. The Bertz CT molecular complexity index is 1370. The smallest absolute Gasteiger partial charge is 0.265 e. The van der Waals surface area contributed by atoms with Crippen LogP contribution < -0.4 is 15.5 Å². The van der Waals surface area contributed by atoms with Crippen molar-refractivity contribution in [3.63, 3.8) is 0 Å². The highest BCUT2D eigenvalue weighted by molar-refractivity contribution is 6.33. The highest BCUT2D eigenvalue weighted by atomic mass is 35.5. The highest BCUT2D eigenvalue weighted by Crippen LogP contribution is 2.36. The van der Waals surface area contributed by atoms with Crippen LogP contribution >= 0.6 is 34.8 Å². The van der Waals surface area contributed by atoms with E-state index in [2.05, 4.69) is 5.32 Å². The van der Waals surface area contributed by atoms with Crippen molar-refractivity contribution in [2.45, 2.75) is 13.0 Å². The number of fused-ring (bicyclic) bond motifs is 1. The summed E-state index contributed by atoms with van der Waals surface area (Å²) >= 11 is 18.3. The molecule has 0 radical (unpaired) electrons. The summed E-state index contributed by atoms with van der Waals surface area (Å²) in [5, 5.41) is 4.24. The number of hydrogen-bond donors (Lipinski definition) is 1. The normalized spacial score (nSPS) is 11.9. The van der Waals surface area contributed by atoms with Gasteiger partial charge in [0.25, 0.3) is 5.91 Å². The van der Waals surface area contributed by atoms with Gasteiger partial charge in [0.1, 0.15) is 5.58 Å². The SMILES string of the molecule is CC(Oc1c(-c2ccccc2Cl)oc2ccc(Cl)cc2c1=O)C(=O)Nc1ccc(Cl)cc1. The molecule has 1 unspecified atom stereocenters. The maximum Gasteiger partial charge on any atom is 0.265 e. The summed E-state index contributed by atoms with van der Waals surface area (Å²) in [6.45, 7) is 1.53. The molecular weight excluding hydrogens is 473 g/mol. The van der Waals surface area contributed by atoms with Gasteiger partial charge in [-0.2, -0.15) is 0 Å². The van der Waals surface area contributed by atoms with E-state index in [1.807, 2.05) is 0 Å². The Hall–Kier alpha value is -2.99. The van der Waals surface area contributed by atoms with Gasteiger partial charge in [0, 0.05) is 21.3 Å². The molecule has 1 amide bonds. The predicted molar refractivity (Wildman–Crippen MR) is 128 cm³/mol. The topological polar surface area (TPSA) is 68.5 Å². The molecule has 1 N–H and O–H groups in total. The van der Waals surface area contributed by atoms with E-state index in [4.69, 9.17) is 44.0 Å². The molecule has 5 nitrogen and oxygen atoms in total. The maximum atomic E-state index is 13.3. The van der Waals surface area contributed by atoms with Crippen molar-refractivity contribution in [1.82, 2.24) is 0 Å². The average molecular weight is 489 g/mol. The Kier molecular flexibility index (Phi) is 6.42. The Morgan fingerprint density at radius 1 is 0.969 bits per heavy atom. The van der Waals surface area contributed by atoms with Crippen LogP contribution in [0.15, 0.2) is 75.9 Å². The molecule has 1 heterocycles. The summed E-state index contributed by atoms with van der Waals surface area (Å²) in [6, 6.07) is 18.2. The summed E-state index contributed by atoms with van der Waals surface area (Å²) in [5.74, 6) is -0.462. The molecule has 0 saturated heterocycles. The van der Waals surface area contributed by atoms with Crippen molar-refractivity contribution < 1.29 is 13.9 Å². The van der Waals surface area contributed by atoms with Crippen molar-refractivity contribution in [1.29, 1.82) is 0 Å². The minimum Gasteiger partial charge on any atom is -0.473 e. The number of nitrogens with one attached hydrogen (secondary N) is 1. The van der Waals surface area contributed by atoms with Gasteiger partial charge in [-0.05, 0) is 61.5 Å². The largest absolute Gasteiger partial charge is 0.473 e. The molecule has 4 rings (SSSR count). The number of benzene rings is 3. The number of rotatable bonds is 5. The number of carbonyl (C=O) groups is 1. The van der Waals surface area contributed by atoms with Crippen LogP contribution in [0.3, 0.4) is 0 Å². The molecule has 0 saturated carbocycles.